The summed E-state index contributed by atoms with van der Waals surface area (Å²) in [6, 6.07) is 0. The topological polar surface area (TPSA) is 77.8 Å². The van der Waals surface area contributed by atoms with Crippen LogP contribution in [0.25, 0.3) is 0 Å². The fourth-order valence-electron chi connectivity index (χ4n) is 6.72. The van der Waals surface area contributed by atoms with Gasteiger partial charge < -0.3 is 15.1 Å². The lowest BCUT2D eigenvalue weighted by Crippen LogP contribution is -2.14. The number of carboxylic acid groups (broad SMARTS) is 2. The van der Waals surface area contributed by atoms with Crippen LogP contribution in [-0.2, 0) is 9.59 Å². The Labute approximate surface area is 311 Å². The highest BCUT2D eigenvalue weighted by molar-refractivity contribution is 5.85. The Morgan fingerprint density at radius 1 is 0.429 bits per heavy atom. The van der Waals surface area contributed by atoms with E-state index < -0.39 is 11.9 Å². The van der Waals surface area contributed by atoms with Crippen LogP contribution in [0.3, 0.4) is 0 Å². The van der Waals surface area contributed by atoms with Crippen molar-refractivity contribution in [3.63, 3.8) is 0 Å². The highest BCUT2D eigenvalue weighted by Gasteiger charge is 2.09. The molecule has 0 amide bonds. The number of rotatable bonds is 39. The average Bonchev–Trinajstić information content (AvgIpc) is 3.04. The van der Waals surface area contributed by atoms with Gasteiger partial charge >= 0.3 is 11.9 Å². The van der Waals surface area contributed by atoms with E-state index >= 15 is 0 Å². The third-order valence-electron chi connectivity index (χ3n) is 9.79. The van der Waals surface area contributed by atoms with Gasteiger partial charge in [0, 0.05) is 12.8 Å². The largest absolute Gasteiger partial charge is 0.481 e. The highest BCUT2D eigenvalue weighted by Crippen LogP contribution is 2.24. The SMILES string of the molecule is CN(C)CCC[C@@H](CCCCCCCC/C=C\CCCCCCCC(=O)O)CCCCCCCCC/C=C\CCCCCCCC(=O)O.Cl. The predicted molar refractivity (Wildman–Crippen MR) is 215 cm³/mol. The Bertz CT molecular complexity index is 754. The maximum atomic E-state index is 10.5. The first-order valence-corrected chi connectivity index (χ1v) is 20.8. The van der Waals surface area contributed by atoms with Gasteiger partial charge in [-0.1, -0.05) is 146 Å². The Balaban J connectivity index is 0. The molecule has 0 saturated heterocycles. The van der Waals surface area contributed by atoms with Gasteiger partial charge in [0.1, 0.15) is 0 Å². The van der Waals surface area contributed by atoms with Crippen molar-refractivity contribution in [2.45, 2.75) is 212 Å². The van der Waals surface area contributed by atoms with Gasteiger partial charge in [0.05, 0.1) is 0 Å². The van der Waals surface area contributed by atoms with E-state index in [1.165, 1.54) is 180 Å². The number of allylic oxidation sites excluding steroid dienone is 4. The van der Waals surface area contributed by atoms with Gasteiger partial charge in [-0.25, -0.2) is 0 Å². The molecule has 0 radical (unpaired) electrons. The molecular weight excluding hydrogens is 630 g/mol. The Morgan fingerprint density at radius 2 is 0.694 bits per heavy atom. The lowest BCUT2D eigenvalue weighted by molar-refractivity contribution is -0.138. The summed E-state index contributed by atoms with van der Waals surface area (Å²) < 4.78 is 0. The summed E-state index contributed by atoms with van der Waals surface area (Å²) in [7, 11) is 4.41. The first-order valence-electron chi connectivity index (χ1n) is 20.8. The smallest absolute Gasteiger partial charge is 0.303 e. The summed E-state index contributed by atoms with van der Waals surface area (Å²) >= 11 is 0. The fourth-order valence-corrected chi connectivity index (χ4v) is 6.72. The van der Waals surface area contributed by atoms with Crippen molar-refractivity contribution in [2.24, 2.45) is 5.92 Å². The van der Waals surface area contributed by atoms with Gasteiger partial charge in [-0.3, -0.25) is 9.59 Å². The van der Waals surface area contributed by atoms with E-state index in [2.05, 4.69) is 43.3 Å². The summed E-state index contributed by atoms with van der Waals surface area (Å²) in [5.41, 5.74) is 0. The molecule has 0 aromatic rings. The molecule has 0 rings (SSSR count). The Kier molecular flexibility index (Phi) is 41.7. The molecule has 0 fully saturated rings. The van der Waals surface area contributed by atoms with Crippen LogP contribution < -0.4 is 0 Å². The lowest BCUT2D eigenvalue weighted by atomic mass is 9.90. The third kappa shape index (κ3) is 44.6. The number of unbranched alkanes of at least 4 members (excludes halogenated alkanes) is 23. The first-order chi connectivity index (χ1) is 23.4. The molecule has 0 aliphatic rings. The minimum atomic E-state index is -0.666. The zero-order chi connectivity index (χ0) is 35.2. The molecule has 0 bridgehead atoms. The van der Waals surface area contributed by atoms with Gasteiger partial charge in [-0.15, -0.1) is 12.4 Å². The first kappa shape index (κ1) is 49.8. The monoisotopic (exact) mass is 712 g/mol. The van der Waals surface area contributed by atoms with E-state index in [1.807, 2.05) is 0 Å². The van der Waals surface area contributed by atoms with Gasteiger partial charge in [-0.05, 0) is 104 Å². The van der Waals surface area contributed by atoms with E-state index in [9.17, 15) is 9.59 Å². The molecule has 0 heterocycles. The predicted octanol–water partition coefficient (Wildman–Crippen LogP) is 13.7. The Hall–Kier alpha value is -1.33. The van der Waals surface area contributed by atoms with Gasteiger partial charge in [-0.2, -0.15) is 0 Å². The van der Waals surface area contributed by atoms with Crippen molar-refractivity contribution < 1.29 is 19.8 Å². The molecule has 0 spiro atoms. The van der Waals surface area contributed by atoms with Gasteiger partial charge in [0.25, 0.3) is 0 Å². The number of aliphatic carboxylic acids is 2. The molecule has 2 N–H and O–H groups in total. The van der Waals surface area contributed by atoms with E-state index in [4.69, 9.17) is 10.2 Å². The van der Waals surface area contributed by atoms with E-state index in [0.717, 1.165) is 31.6 Å². The molecular formula is C43H82ClNO4. The molecule has 49 heavy (non-hydrogen) atoms. The summed E-state index contributed by atoms with van der Waals surface area (Å²) in [6.45, 7) is 1.23. The zero-order valence-electron chi connectivity index (χ0n) is 32.5. The molecule has 5 nitrogen and oxygen atoms in total. The second-order valence-corrected chi connectivity index (χ2v) is 14.9. The van der Waals surface area contributed by atoms with Crippen molar-refractivity contribution in [1.29, 1.82) is 0 Å². The number of carbonyl (C=O) groups is 2. The van der Waals surface area contributed by atoms with Crippen LogP contribution in [0.4, 0.5) is 0 Å². The molecule has 0 aliphatic heterocycles. The molecule has 6 heteroatoms. The number of nitrogens with zero attached hydrogens (tertiary/aromatic N) is 1. The third-order valence-corrected chi connectivity index (χ3v) is 9.79. The summed E-state index contributed by atoms with van der Waals surface area (Å²) in [6.07, 6.45) is 49.7. The minimum absolute atomic E-state index is 0. The minimum Gasteiger partial charge on any atom is -0.481 e. The van der Waals surface area contributed by atoms with Gasteiger partial charge in [0.15, 0.2) is 0 Å². The second kappa shape index (κ2) is 41.1. The van der Waals surface area contributed by atoms with E-state index in [-0.39, 0.29) is 12.4 Å². The molecule has 0 aliphatic carbocycles. The number of carboxylic acids is 2. The number of hydrogen-bond acceptors (Lipinski definition) is 3. The highest BCUT2D eigenvalue weighted by atomic mass is 35.5. The van der Waals surface area contributed by atoms with Crippen LogP contribution in [0.1, 0.15) is 212 Å². The number of hydrogen-bond donors (Lipinski definition) is 2. The van der Waals surface area contributed by atoms with Crippen molar-refractivity contribution in [3.8, 4) is 0 Å². The molecule has 0 aromatic carbocycles. The van der Waals surface area contributed by atoms with Gasteiger partial charge in [0.2, 0.25) is 0 Å². The second-order valence-electron chi connectivity index (χ2n) is 14.9. The average molecular weight is 713 g/mol. The normalized spacial score (nSPS) is 12.3. The van der Waals surface area contributed by atoms with E-state index in [1.54, 1.807) is 0 Å². The maximum absolute atomic E-state index is 10.5. The van der Waals surface area contributed by atoms with Crippen LogP contribution in [0.2, 0.25) is 0 Å². The fraction of sp³-hybridized carbons (Fsp3) is 0.860. The van der Waals surface area contributed by atoms with Crippen LogP contribution >= 0.6 is 12.4 Å². The number of halogens is 1. The molecule has 0 unspecified atom stereocenters. The molecule has 0 saturated carbocycles. The maximum Gasteiger partial charge on any atom is 0.303 e. The quantitative estimate of drug-likeness (QED) is 0.0490. The molecule has 1 atom stereocenters. The van der Waals surface area contributed by atoms with Crippen LogP contribution in [0.15, 0.2) is 24.3 Å². The van der Waals surface area contributed by atoms with Crippen LogP contribution in [0.5, 0.6) is 0 Å². The Morgan fingerprint density at radius 3 is 1.00 bits per heavy atom. The zero-order valence-corrected chi connectivity index (χ0v) is 33.3. The van der Waals surface area contributed by atoms with E-state index in [0.29, 0.717) is 12.8 Å². The van der Waals surface area contributed by atoms with Crippen molar-refractivity contribution in [2.75, 3.05) is 20.6 Å². The van der Waals surface area contributed by atoms with Crippen LogP contribution in [-0.4, -0.2) is 47.7 Å². The summed E-state index contributed by atoms with van der Waals surface area (Å²) in [5.74, 6) is -0.398. The summed E-state index contributed by atoms with van der Waals surface area (Å²) in [5, 5.41) is 17.3. The summed E-state index contributed by atoms with van der Waals surface area (Å²) in [4.78, 5) is 23.4. The molecule has 0 aromatic heterocycles. The standard InChI is InChI=1S/C43H81NO4.ClH/c1-44(2)40-34-37-41(36-31-27-23-19-15-11-7-5-9-13-17-21-25-29-33-39-43(47)48)35-30-26-22-18-14-10-6-3-4-8-12-16-20-24-28-32-38-42(45)46;/h4-5,8-9,41H,3,6-7,10-40H2,1-2H3,(H,45,46)(H,47,48);1H/b8-4-,9-5-;/t41-;/m1./s1. The van der Waals surface area contributed by atoms with Crippen molar-refractivity contribution in [3.05, 3.63) is 24.3 Å². The lowest BCUT2D eigenvalue weighted by Gasteiger charge is -2.18. The van der Waals surface area contributed by atoms with Crippen LogP contribution in [0, 0.1) is 5.92 Å². The molecule has 290 valence electrons. The van der Waals surface area contributed by atoms with Crippen molar-refractivity contribution in [1.82, 2.24) is 4.90 Å². The van der Waals surface area contributed by atoms with Crippen molar-refractivity contribution >= 4 is 24.3 Å².